The number of halogens is 1. The minimum absolute atomic E-state index is 0.380. The van der Waals surface area contributed by atoms with Gasteiger partial charge < -0.3 is 10.5 Å². The Bertz CT molecular complexity index is 458. The van der Waals surface area contributed by atoms with Crippen LogP contribution in [0.1, 0.15) is 0 Å². The lowest BCUT2D eigenvalue weighted by Gasteiger charge is -2.05. The fraction of sp³-hybridized carbons (Fsp3) is 0. The van der Waals surface area contributed by atoms with Crippen LogP contribution in [0.25, 0.3) is 0 Å². The van der Waals surface area contributed by atoms with Crippen molar-refractivity contribution in [1.29, 1.82) is 0 Å². The highest BCUT2D eigenvalue weighted by Gasteiger charge is 2.02. The van der Waals surface area contributed by atoms with Crippen LogP contribution in [0.5, 0.6) is 11.6 Å². The smallest absolute Gasteiger partial charge is 0.238 e. The van der Waals surface area contributed by atoms with Crippen molar-refractivity contribution < 1.29 is 4.74 Å². The third kappa shape index (κ3) is 2.56. The summed E-state index contributed by atoms with van der Waals surface area (Å²) < 4.78 is 6.55. The minimum atomic E-state index is 0.380. The zero-order valence-electron chi connectivity index (χ0n) is 7.72. The van der Waals surface area contributed by atoms with E-state index in [1.54, 1.807) is 0 Å². The molecule has 0 aliphatic rings. The fourth-order valence-corrected chi connectivity index (χ4v) is 1.52. The first-order valence-electron chi connectivity index (χ1n) is 4.25. The number of nitrogens with two attached hydrogens (primary N) is 1. The van der Waals surface area contributed by atoms with Crippen LogP contribution < -0.4 is 10.5 Å². The number of nitrogen functional groups attached to an aromatic ring is 1. The van der Waals surface area contributed by atoms with Gasteiger partial charge >= 0.3 is 0 Å². The van der Waals surface area contributed by atoms with Crippen molar-refractivity contribution in [2.75, 3.05) is 5.73 Å². The largest absolute Gasteiger partial charge is 0.436 e. The lowest BCUT2D eigenvalue weighted by atomic mass is 10.3. The molecule has 1 heterocycles. The van der Waals surface area contributed by atoms with Crippen LogP contribution in [0.3, 0.4) is 0 Å². The number of para-hydroxylation sites is 1. The van der Waals surface area contributed by atoms with Gasteiger partial charge in [-0.25, -0.2) is 9.97 Å². The van der Waals surface area contributed by atoms with Gasteiger partial charge in [-0.1, -0.05) is 12.1 Å². The van der Waals surface area contributed by atoms with E-state index in [0.717, 1.165) is 9.32 Å². The summed E-state index contributed by atoms with van der Waals surface area (Å²) in [7, 11) is 0. The normalized spacial score (nSPS) is 9.93. The number of hydrogen-bond acceptors (Lipinski definition) is 4. The number of anilines is 1. The van der Waals surface area contributed by atoms with Gasteiger partial charge in [0, 0.05) is 0 Å². The highest BCUT2D eigenvalue weighted by Crippen LogP contribution is 2.24. The average Bonchev–Trinajstić information content (AvgIpc) is 2.25. The molecule has 0 unspecified atom stereocenters. The van der Waals surface area contributed by atoms with Gasteiger partial charge in [0.2, 0.25) is 5.88 Å². The van der Waals surface area contributed by atoms with E-state index in [0.29, 0.717) is 11.7 Å². The summed E-state index contributed by atoms with van der Waals surface area (Å²) in [6.45, 7) is 0. The molecule has 0 spiro atoms. The molecule has 5 heteroatoms. The molecule has 2 rings (SSSR count). The lowest BCUT2D eigenvalue weighted by molar-refractivity contribution is 0.457. The Kier molecular flexibility index (Phi) is 3.00. The van der Waals surface area contributed by atoms with Crippen LogP contribution in [-0.4, -0.2) is 9.97 Å². The first-order chi connectivity index (χ1) is 7.25. The molecule has 1 aromatic carbocycles. The van der Waals surface area contributed by atoms with Gasteiger partial charge in [0.1, 0.15) is 11.6 Å². The Morgan fingerprint density at radius 2 is 1.93 bits per heavy atom. The fourth-order valence-electron chi connectivity index (χ4n) is 1.02. The molecule has 76 valence electrons. The second-order valence-corrected chi connectivity index (χ2v) is 3.97. The van der Waals surface area contributed by atoms with E-state index in [9.17, 15) is 0 Å². The molecule has 0 amide bonds. The van der Waals surface area contributed by atoms with Crippen LogP contribution in [-0.2, 0) is 0 Å². The van der Waals surface area contributed by atoms with Gasteiger partial charge in [-0.05, 0) is 34.7 Å². The SMILES string of the molecule is Nc1cnc(Oc2ccccc2I)cn1. The van der Waals surface area contributed by atoms with Gasteiger partial charge in [0.05, 0.1) is 16.0 Å². The maximum Gasteiger partial charge on any atom is 0.238 e. The molecule has 0 radical (unpaired) electrons. The first-order valence-corrected chi connectivity index (χ1v) is 5.33. The van der Waals surface area contributed by atoms with Crippen LogP contribution in [0.4, 0.5) is 5.82 Å². The van der Waals surface area contributed by atoms with E-state index in [1.165, 1.54) is 12.4 Å². The highest BCUT2D eigenvalue weighted by molar-refractivity contribution is 14.1. The highest BCUT2D eigenvalue weighted by atomic mass is 127. The molecular formula is C10H8IN3O. The van der Waals surface area contributed by atoms with E-state index >= 15 is 0 Å². The first kappa shape index (κ1) is 10.2. The van der Waals surface area contributed by atoms with E-state index in [4.69, 9.17) is 10.5 Å². The molecule has 0 aliphatic carbocycles. The summed E-state index contributed by atoms with van der Waals surface area (Å²) in [6.07, 6.45) is 2.96. The number of nitrogens with zero attached hydrogens (tertiary/aromatic N) is 2. The summed E-state index contributed by atoms with van der Waals surface area (Å²) in [5, 5.41) is 0. The third-order valence-electron chi connectivity index (χ3n) is 1.70. The summed E-state index contributed by atoms with van der Waals surface area (Å²) in [5.41, 5.74) is 5.42. The van der Waals surface area contributed by atoms with Crippen LogP contribution in [0, 0.1) is 3.57 Å². The molecule has 0 saturated carbocycles. The standard InChI is InChI=1S/C10H8IN3O/c11-7-3-1-2-4-8(7)15-10-6-13-9(12)5-14-10/h1-6H,(H2,12,13). The van der Waals surface area contributed by atoms with Crippen molar-refractivity contribution in [3.05, 3.63) is 40.2 Å². The van der Waals surface area contributed by atoms with E-state index < -0.39 is 0 Å². The summed E-state index contributed by atoms with van der Waals surface area (Å²) >= 11 is 2.20. The maximum atomic E-state index is 5.53. The summed E-state index contributed by atoms with van der Waals surface area (Å²) in [4.78, 5) is 7.89. The molecule has 0 aliphatic heterocycles. The molecule has 0 bridgehead atoms. The molecule has 2 N–H and O–H groups in total. The zero-order valence-corrected chi connectivity index (χ0v) is 9.88. The maximum absolute atomic E-state index is 5.53. The number of benzene rings is 1. The molecule has 4 nitrogen and oxygen atoms in total. The second kappa shape index (κ2) is 4.43. The van der Waals surface area contributed by atoms with Crippen molar-refractivity contribution in [3.8, 4) is 11.6 Å². The van der Waals surface area contributed by atoms with Crippen molar-refractivity contribution in [2.45, 2.75) is 0 Å². The van der Waals surface area contributed by atoms with Crippen molar-refractivity contribution in [3.63, 3.8) is 0 Å². The van der Waals surface area contributed by atoms with Gasteiger partial charge in [0.15, 0.2) is 0 Å². The van der Waals surface area contributed by atoms with Gasteiger partial charge in [-0.15, -0.1) is 0 Å². The number of ether oxygens (including phenoxy) is 1. The van der Waals surface area contributed by atoms with E-state index in [-0.39, 0.29) is 0 Å². The van der Waals surface area contributed by atoms with Crippen LogP contribution in [0.15, 0.2) is 36.7 Å². The van der Waals surface area contributed by atoms with E-state index in [1.807, 2.05) is 24.3 Å². The van der Waals surface area contributed by atoms with Crippen LogP contribution in [0.2, 0.25) is 0 Å². The Balaban J connectivity index is 2.22. The second-order valence-electron chi connectivity index (χ2n) is 2.81. The number of hydrogen-bond donors (Lipinski definition) is 1. The van der Waals surface area contributed by atoms with Crippen molar-refractivity contribution in [2.24, 2.45) is 0 Å². The van der Waals surface area contributed by atoms with Crippen molar-refractivity contribution >= 4 is 28.4 Å². The van der Waals surface area contributed by atoms with E-state index in [2.05, 4.69) is 32.6 Å². The Labute approximate surface area is 101 Å². The monoisotopic (exact) mass is 313 g/mol. The van der Waals surface area contributed by atoms with Gasteiger partial charge in [0.25, 0.3) is 0 Å². The third-order valence-corrected chi connectivity index (χ3v) is 2.59. The Morgan fingerprint density at radius 1 is 1.13 bits per heavy atom. The number of rotatable bonds is 2. The molecule has 0 fully saturated rings. The summed E-state index contributed by atoms with van der Waals surface area (Å²) in [6, 6.07) is 7.69. The Morgan fingerprint density at radius 3 is 2.60 bits per heavy atom. The predicted octanol–water partition coefficient (Wildman–Crippen LogP) is 2.46. The van der Waals surface area contributed by atoms with Crippen molar-refractivity contribution in [1.82, 2.24) is 9.97 Å². The minimum Gasteiger partial charge on any atom is -0.436 e. The van der Waals surface area contributed by atoms with Crippen LogP contribution >= 0.6 is 22.6 Å². The zero-order chi connectivity index (χ0) is 10.7. The van der Waals surface area contributed by atoms with Gasteiger partial charge in [-0.3, -0.25) is 0 Å². The lowest BCUT2D eigenvalue weighted by Crippen LogP contribution is -1.94. The molecule has 0 atom stereocenters. The molecule has 2 aromatic rings. The predicted molar refractivity (Wildman–Crippen MR) is 65.7 cm³/mol. The average molecular weight is 313 g/mol. The molecule has 0 saturated heterocycles. The quantitative estimate of drug-likeness (QED) is 0.865. The summed E-state index contributed by atoms with van der Waals surface area (Å²) in [5.74, 6) is 1.58. The number of aromatic nitrogens is 2. The molecule has 15 heavy (non-hydrogen) atoms. The van der Waals surface area contributed by atoms with Gasteiger partial charge in [-0.2, -0.15) is 0 Å². The molecular weight excluding hydrogens is 305 g/mol. The topological polar surface area (TPSA) is 61.0 Å². The molecule has 1 aromatic heterocycles. The Hall–Kier alpha value is -1.37.